The summed E-state index contributed by atoms with van der Waals surface area (Å²) in [6.45, 7) is 0. The Kier molecular flexibility index (Phi) is 9.19. The molecular formula is C47H36N2OSi2. The van der Waals surface area contributed by atoms with E-state index in [2.05, 4.69) is 194 Å². The van der Waals surface area contributed by atoms with Gasteiger partial charge in [0.15, 0.2) is 16.1 Å². The molecule has 0 fully saturated rings. The first-order valence-corrected chi connectivity index (χ1v) is 21.5. The predicted molar refractivity (Wildman–Crippen MR) is 219 cm³/mol. The van der Waals surface area contributed by atoms with Crippen LogP contribution in [0.3, 0.4) is 0 Å². The van der Waals surface area contributed by atoms with Gasteiger partial charge in [-0.15, -0.1) is 0 Å². The number of carbonyl (C=O) groups is 1. The highest BCUT2D eigenvalue weighted by atomic mass is 28.3. The molecule has 0 aliphatic heterocycles. The minimum atomic E-state index is -2.75. The molecule has 0 unspecified atom stereocenters. The summed E-state index contributed by atoms with van der Waals surface area (Å²) in [5, 5.41) is 9.77. The Hall–Kier alpha value is -6.28. The third kappa shape index (κ3) is 5.76. The third-order valence-corrected chi connectivity index (χ3v) is 19.6. The zero-order valence-corrected chi connectivity index (χ0v) is 30.6. The Balaban J connectivity index is 1.21. The Bertz CT molecular complexity index is 2010. The first-order chi connectivity index (χ1) is 25.7. The molecule has 0 bridgehead atoms. The van der Waals surface area contributed by atoms with Gasteiger partial charge >= 0.3 is 0 Å². The summed E-state index contributed by atoms with van der Waals surface area (Å²) >= 11 is 0. The molecule has 0 aliphatic rings. The molecule has 0 N–H and O–H groups in total. The molecular weight excluding hydrogens is 665 g/mol. The lowest BCUT2D eigenvalue weighted by molar-refractivity contribution is 0.103. The second-order valence-corrected chi connectivity index (χ2v) is 20.5. The van der Waals surface area contributed by atoms with Crippen LogP contribution in [0.1, 0.15) is 16.2 Å². The van der Waals surface area contributed by atoms with Crippen molar-refractivity contribution in [3.63, 3.8) is 0 Å². The first-order valence-electron chi connectivity index (χ1n) is 17.5. The molecule has 0 amide bonds. The van der Waals surface area contributed by atoms with Crippen molar-refractivity contribution in [3.05, 3.63) is 230 Å². The van der Waals surface area contributed by atoms with Crippen LogP contribution in [0.15, 0.2) is 219 Å². The summed E-state index contributed by atoms with van der Waals surface area (Å²) in [5.41, 5.74) is 0.748. The summed E-state index contributed by atoms with van der Waals surface area (Å²) in [5.74, 6) is -0.198. The minimum Gasteiger partial charge on any atom is -0.285 e. The number of nitrogens with zero attached hydrogens (tertiary/aromatic N) is 2. The second-order valence-electron chi connectivity index (χ2n) is 12.9. The van der Waals surface area contributed by atoms with Crippen LogP contribution in [0.5, 0.6) is 0 Å². The quantitative estimate of drug-likeness (QED) is 0.120. The van der Waals surface area contributed by atoms with E-state index in [1.54, 1.807) is 0 Å². The van der Waals surface area contributed by atoms with Crippen LogP contribution in [-0.4, -0.2) is 31.9 Å². The highest BCUT2D eigenvalue weighted by molar-refractivity contribution is 7.20. The first kappa shape index (κ1) is 32.9. The van der Waals surface area contributed by atoms with E-state index in [4.69, 9.17) is 9.97 Å². The molecule has 8 aromatic rings. The molecule has 8 rings (SSSR count). The van der Waals surface area contributed by atoms with Crippen LogP contribution in [0.2, 0.25) is 0 Å². The van der Waals surface area contributed by atoms with Gasteiger partial charge in [0.25, 0.3) is 0 Å². The Morgan fingerprint density at radius 2 is 0.519 bits per heavy atom. The maximum Gasteiger partial charge on any atom is 0.229 e. The number of ketones is 1. The summed E-state index contributed by atoms with van der Waals surface area (Å²) in [4.78, 5) is 23.8. The van der Waals surface area contributed by atoms with Gasteiger partial charge in [0.05, 0.1) is 0 Å². The fourth-order valence-corrected chi connectivity index (χ4v) is 17.1. The third-order valence-electron chi connectivity index (χ3n) is 10.1. The van der Waals surface area contributed by atoms with E-state index in [9.17, 15) is 4.79 Å². The second kappa shape index (κ2) is 14.5. The topological polar surface area (TPSA) is 42.9 Å². The molecule has 0 saturated carbocycles. The van der Waals surface area contributed by atoms with Crippen LogP contribution in [0.25, 0.3) is 0 Å². The number of carbonyl (C=O) groups excluding carboxylic acids is 1. The van der Waals surface area contributed by atoms with Crippen molar-refractivity contribution in [2.24, 2.45) is 0 Å². The SMILES string of the molecule is O=C(c1ccc([Si](c2ccccc2)(c2ccccc2)c2ccccc2)cn1)c1ccc([Si](c2ccccc2)(c2ccccc2)c2ccccc2)cn1. The Morgan fingerprint density at radius 3 is 0.712 bits per heavy atom. The number of benzene rings is 6. The van der Waals surface area contributed by atoms with Gasteiger partial charge in [0.2, 0.25) is 5.78 Å². The average Bonchev–Trinajstić information content (AvgIpc) is 3.24. The van der Waals surface area contributed by atoms with Crippen molar-refractivity contribution in [3.8, 4) is 0 Å². The van der Waals surface area contributed by atoms with Gasteiger partial charge in [-0.2, -0.15) is 0 Å². The zero-order chi connectivity index (χ0) is 35.2. The van der Waals surface area contributed by atoms with Crippen LogP contribution in [0, 0.1) is 0 Å². The summed E-state index contributed by atoms with van der Waals surface area (Å²) in [6.07, 6.45) is 3.83. The number of pyridine rings is 2. The van der Waals surface area contributed by atoms with Crippen molar-refractivity contribution < 1.29 is 4.79 Å². The summed E-state index contributed by atoms with van der Waals surface area (Å²) in [7, 11) is -5.49. The maximum atomic E-state index is 14.1. The summed E-state index contributed by atoms with van der Waals surface area (Å²) < 4.78 is 0. The van der Waals surface area contributed by atoms with Crippen LogP contribution >= 0.6 is 0 Å². The van der Waals surface area contributed by atoms with E-state index >= 15 is 0 Å². The Labute approximate surface area is 307 Å². The normalized spacial score (nSPS) is 11.5. The molecule has 5 heteroatoms. The van der Waals surface area contributed by atoms with E-state index in [-0.39, 0.29) is 5.78 Å². The van der Waals surface area contributed by atoms with Gasteiger partial charge in [-0.05, 0) is 53.6 Å². The highest BCUT2D eigenvalue weighted by Gasteiger charge is 2.43. The average molecular weight is 701 g/mol. The van der Waals surface area contributed by atoms with E-state index < -0.39 is 16.1 Å². The van der Waals surface area contributed by atoms with E-state index in [1.165, 1.54) is 31.1 Å². The molecule has 0 atom stereocenters. The minimum absolute atomic E-state index is 0.198. The molecule has 0 radical (unpaired) electrons. The van der Waals surface area contributed by atoms with E-state index in [0.717, 1.165) is 10.4 Å². The van der Waals surface area contributed by atoms with Gasteiger partial charge in [-0.1, -0.05) is 194 Å². The van der Waals surface area contributed by atoms with Crippen LogP contribution in [-0.2, 0) is 0 Å². The Morgan fingerprint density at radius 1 is 0.288 bits per heavy atom. The number of hydrogen-bond donors (Lipinski definition) is 0. The molecule has 2 aromatic heterocycles. The van der Waals surface area contributed by atoms with Crippen molar-refractivity contribution in [2.75, 3.05) is 0 Å². The lowest BCUT2D eigenvalue weighted by Gasteiger charge is -2.34. The van der Waals surface area contributed by atoms with Gasteiger partial charge < -0.3 is 0 Å². The lowest BCUT2D eigenvalue weighted by atomic mass is 10.2. The van der Waals surface area contributed by atoms with Crippen molar-refractivity contribution in [1.82, 2.24) is 9.97 Å². The van der Waals surface area contributed by atoms with Crippen LogP contribution < -0.4 is 41.5 Å². The largest absolute Gasteiger partial charge is 0.285 e. The fourth-order valence-electron chi connectivity index (χ4n) is 7.76. The molecule has 6 aromatic carbocycles. The zero-order valence-electron chi connectivity index (χ0n) is 28.6. The highest BCUT2D eigenvalue weighted by Crippen LogP contribution is 2.13. The number of aromatic nitrogens is 2. The monoisotopic (exact) mass is 700 g/mol. The summed E-state index contributed by atoms with van der Waals surface area (Å²) in [6, 6.07) is 72.2. The molecule has 3 nitrogen and oxygen atoms in total. The standard InChI is InChI=1S/C47H36N2OSi2/c50-47(45-33-31-43(35-48-45)51(37-19-7-1-8-20-37,38-21-9-2-10-22-38)39-23-11-3-12-24-39)46-34-32-44(36-49-46)52(40-25-13-4-14-26-40,41-27-15-5-16-28-41)42-29-17-6-18-30-42/h1-36H. The molecule has 248 valence electrons. The molecule has 0 aliphatic carbocycles. The predicted octanol–water partition coefficient (Wildman–Crippen LogP) is 4.46. The van der Waals surface area contributed by atoms with E-state index in [1.807, 2.05) is 24.5 Å². The molecule has 0 saturated heterocycles. The molecule has 52 heavy (non-hydrogen) atoms. The lowest BCUT2D eigenvalue weighted by Crippen LogP contribution is -2.74. The van der Waals surface area contributed by atoms with Gasteiger partial charge in [-0.3, -0.25) is 14.8 Å². The smallest absolute Gasteiger partial charge is 0.229 e. The molecule has 0 spiro atoms. The van der Waals surface area contributed by atoms with Gasteiger partial charge in [0, 0.05) is 12.4 Å². The molecule has 2 heterocycles. The van der Waals surface area contributed by atoms with Crippen LogP contribution in [0.4, 0.5) is 0 Å². The van der Waals surface area contributed by atoms with E-state index in [0.29, 0.717) is 11.4 Å². The van der Waals surface area contributed by atoms with Gasteiger partial charge in [0.1, 0.15) is 11.4 Å². The van der Waals surface area contributed by atoms with Gasteiger partial charge in [-0.25, -0.2) is 0 Å². The number of rotatable bonds is 10. The number of hydrogen-bond acceptors (Lipinski definition) is 3. The fraction of sp³-hybridized carbons (Fsp3) is 0. The van der Waals surface area contributed by atoms with Crippen molar-refractivity contribution >= 4 is 63.4 Å². The van der Waals surface area contributed by atoms with Crippen molar-refractivity contribution in [1.29, 1.82) is 0 Å². The van der Waals surface area contributed by atoms with Crippen molar-refractivity contribution in [2.45, 2.75) is 0 Å². The maximum absolute atomic E-state index is 14.1.